The molecular weight excluding hydrogens is 244 g/mol. The van der Waals surface area contributed by atoms with Gasteiger partial charge in [-0.25, -0.2) is 0 Å². The van der Waals surface area contributed by atoms with Crippen molar-refractivity contribution in [3.05, 3.63) is 23.8 Å². The minimum Gasteiger partial charge on any atom is -0.497 e. The summed E-state index contributed by atoms with van der Waals surface area (Å²) >= 11 is 0. The van der Waals surface area contributed by atoms with Crippen molar-refractivity contribution >= 4 is 5.91 Å². The van der Waals surface area contributed by atoms with Crippen molar-refractivity contribution in [3.63, 3.8) is 0 Å². The summed E-state index contributed by atoms with van der Waals surface area (Å²) in [5.41, 5.74) is 5.77. The van der Waals surface area contributed by atoms with Gasteiger partial charge in [-0.1, -0.05) is 6.92 Å². The second kappa shape index (κ2) is 6.43. The summed E-state index contributed by atoms with van der Waals surface area (Å²) < 4.78 is 10.3. The molecule has 1 amide bonds. The summed E-state index contributed by atoms with van der Waals surface area (Å²) in [6, 6.07) is 5.06. The van der Waals surface area contributed by atoms with E-state index in [1.54, 1.807) is 32.4 Å². The van der Waals surface area contributed by atoms with Gasteiger partial charge >= 0.3 is 0 Å². The maximum Gasteiger partial charge on any atom is 0.252 e. The van der Waals surface area contributed by atoms with Gasteiger partial charge in [0.2, 0.25) is 0 Å². The third-order valence-electron chi connectivity index (χ3n) is 3.26. The number of amides is 1. The van der Waals surface area contributed by atoms with Crippen molar-refractivity contribution in [1.29, 1.82) is 0 Å². The van der Waals surface area contributed by atoms with Gasteiger partial charge in [-0.05, 0) is 25.5 Å². The zero-order chi connectivity index (χ0) is 14.5. The number of hydrogen-bond donors (Lipinski definition) is 2. The van der Waals surface area contributed by atoms with Gasteiger partial charge in [-0.15, -0.1) is 0 Å². The molecule has 1 aromatic carbocycles. The smallest absolute Gasteiger partial charge is 0.252 e. The lowest BCUT2D eigenvalue weighted by molar-refractivity contribution is 0.0906. The van der Waals surface area contributed by atoms with E-state index in [4.69, 9.17) is 15.2 Å². The van der Waals surface area contributed by atoms with Crippen LogP contribution in [0.5, 0.6) is 11.5 Å². The van der Waals surface area contributed by atoms with Crippen LogP contribution < -0.4 is 20.5 Å². The Bertz CT molecular complexity index is 420. The van der Waals surface area contributed by atoms with Crippen molar-refractivity contribution in [2.75, 3.05) is 20.8 Å². The van der Waals surface area contributed by atoms with Crippen molar-refractivity contribution in [2.45, 2.75) is 25.8 Å². The number of benzene rings is 1. The molecule has 0 radical (unpaired) electrons. The van der Waals surface area contributed by atoms with Gasteiger partial charge in [-0.3, -0.25) is 4.79 Å². The van der Waals surface area contributed by atoms with E-state index in [2.05, 4.69) is 5.32 Å². The highest BCUT2D eigenvalue weighted by atomic mass is 16.5. The first kappa shape index (κ1) is 15.3. The summed E-state index contributed by atoms with van der Waals surface area (Å²) in [4.78, 5) is 12.2. The molecule has 0 spiro atoms. The molecule has 5 heteroatoms. The van der Waals surface area contributed by atoms with Gasteiger partial charge in [-0.2, -0.15) is 0 Å². The van der Waals surface area contributed by atoms with Gasteiger partial charge in [0.25, 0.3) is 5.91 Å². The van der Waals surface area contributed by atoms with Gasteiger partial charge in [0.1, 0.15) is 11.5 Å². The van der Waals surface area contributed by atoms with Crippen LogP contribution in [0, 0.1) is 0 Å². The minimum absolute atomic E-state index is 0.188. The Labute approximate surface area is 114 Å². The minimum atomic E-state index is -0.409. The molecule has 19 heavy (non-hydrogen) atoms. The molecule has 0 aliphatic rings. The van der Waals surface area contributed by atoms with Crippen molar-refractivity contribution < 1.29 is 14.3 Å². The van der Waals surface area contributed by atoms with E-state index in [1.165, 1.54) is 0 Å². The average molecular weight is 266 g/mol. The summed E-state index contributed by atoms with van der Waals surface area (Å²) in [7, 11) is 3.10. The Morgan fingerprint density at radius 3 is 2.16 bits per heavy atom. The number of carbonyl (C=O) groups is 1. The Balaban J connectivity index is 2.99. The molecule has 1 atom stereocenters. The maximum atomic E-state index is 12.2. The topological polar surface area (TPSA) is 73.6 Å². The zero-order valence-corrected chi connectivity index (χ0v) is 11.9. The third-order valence-corrected chi connectivity index (χ3v) is 3.26. The third kappa shape index (κ3) is 3.86. The van der Waals surface area contributed by atoms with E-state index >= 15 is 0 Å². The Kier molecular flexibility index (Phi) is 5.18. The lowest BCUT2D eigenvalue weighted by atomic mass is 9.98. The van der Waals surface area contributed by atoms with Crippen LogP contribution in [0.4, 0.5) is 0 Å². The highest BCUT2D eigenvalue weighted by molar-refractivity contribution is 5.95. The monoisotopic (exact) mass is 266 g/mol. The molecule has 0 aliphatic heterocycles. The zero-order valence-electron chi connectivity index (χ0n) is 11.9. The lowest BCUT2D eigenvalue weighted by Gasteiger charge is -2.28. The first-order valence-electron chi connectivity index (χ1n) is 6.23. The summed E-state index contributed by atoms with van der Waals surface area (Å²) in [5.74, 6) is 0.970. The number of hydrogen-bond acceptors (Lipinski definition) is 4. The van der Waals surface area contributed by atoms with E-state index in [-0.39, 0.29) is 5.91 Å². The molecule has 0 aromatic heterocycles. The highest BCUT2D eigenvalue weighted by Gasteiger charge is 2.23. The maximum absolute atomic E-state index is 12.2. The average Bonchev–Trinajstić information content (AvgIpc) is 2.46. The molecule has 1 unspecified atom stereocenters. The summed E-state index contributed by atoms with van der Waals surface area (Å²) in [6.45, 7) is 4.29. The first-order valence-corrected chi connectivity index (χ1v) is 6.23. The van der Waals surface area contributed by atoms with Gasteiger partial charge in [0.15, 0.2) is 0 Å². The van der Waals surface area contributed by atoms with Crippen LogP contribution in [0.3, 0.4) is 0 Å². The van der Waals surface area contributed by atoms with E-state index in [0.29, 0.717) is 23.6 Å². The number of nitrogens with two attached hydrogens (primary N) is 1. The summed E-state index contributed by atoms with van der Waals surface area (Å²) in [5, 5.41) is 2.94. The highest BCUT2D eigenvalue weighted by Crippen LogP contribution is 2.23. The number of nitrogens with one attached hydrogen (secondary N) is 1. The van der Waals surface area contributed by atoms with E-state index in [9.17, 15) is 4.79 Å². The number of rotatable bonds is 6. The normalized spacial score (nSPS) is 13.5. The second-order valence-corrected chi connectivity index (χ2v) is 4.67. The molecule has 0 fully saturated rings. The standard InChI is InChI=1S/C14H22N2O3/c1-5-14(2,9-15)16-13(17)10-6-11(18-3)8-12(7-10)19-4/h6-8H,5,9,15H2,1-4H3,(H,16,17). The fourth-order valence-corrected chi connectivity index (χ4v) is 1.57. The Hall–Kier alpha value is -1.75. The largest absolute Gasteiger partial charge is 0.497 e. The van der Waals surface area contributed by atoms with Crippen LogP contribution in [0.15, 0.2) is 18.2 Å². The SMILES string of the molecule is CCC(C)(CN)NC(=O)c1cc(OC)cc(OC)c1. The van der Waals surface area contributed by atoms with Gasteiger partial charge in [0.05, 0.1) is 14.2 Å². The van der Waals surface area contributed by atoms with E-state index in [1.807, 2.05) is 13.8 Å². The van der Waals surface area contributed by atoms with E-state index in [0.717, 1.165) is 6.42 Å². The van der Waals surface area contributed by atoms with Crippen molar-refractivity contribution in [3.8, 4) is 11.5 Å². The molecule has 0 saturated carbocycles. The molecule has 0 aliphatic carbocycles. The van der Waals surface area contributed by atoms with Crippen molar-refractivity contribution in [2.24, 2.45) is 5.73 Å². The van der Waals surface area contributed by atoms with Gasteiger partial charge in [0, 0.05) is 23.7 Å². The molecular formula is C14H22N2O3. The molecule has 1 rings (SSSR count). The van der Waals surface area contributed by atoms with Crippen LogP contribution in [-0.4, -0.2) is 32.2 Å². The fourth-order valence-electron chi connectivity index (χ4n) is 1.57. The van der Waals surface area contributed by atoms with Crippen LogP contribution in [0.25, 0.3) is 0 Å². The number of carbonyl (C=O) groups excluding carboxylic acids is 1. The molecule has 1 aromatic rings. The number of ether oxygens (including phenoxy) is 2. The summed E-state index contributed by atoms with van der Waals surface area (Å²) in [6.07, 6.45) is 0.760. The van der Waals surface area contributed by atoms with Crippen LogP contribution in [-0.2, 0) is 0 Å². The lowest BCUT2D eigenvalue weighted by Crippen LogP contribution is -2.50. The predicted molar refractivity (Wildman–Crippen MR) is 74.8 cm³/mol. The molecule has 3 N–H and O–H groups in total. The quantitative estimate of drug-likeness (QED) is 0.819. The number of methoxy groups -OCH3 is 2. The first-order chi connectivity index (χ1) is 8.97. The van der Waals surface area contributed by atoms with Crippen LogP contribution in [0.2, 0.25) is 0 Å². The Morgan fingerprint density at radius 2 is 1.79 bits per heavy atom. The fraction of sp³-hybridized carbons (Fsp3) is 0.500. The second-order valence-electron chi connectivity index (χ2n) is 4.67. The molecule has 0 heterocycles. The molecule has 106 valence electrons. The molecule has 0 saturated heterocycles. The van der Waals surface area contributed by atoms with Gasteiger partial charge < -0.3 is 20.5 Å². The van der Waals surface area contributed by atoms with E-state index < -0.39 is 5.54 Å². The Morgan fingerprint density at radius 1 is 1.26 bits per heavy atom. The molecule has 0 bridgehead atoms. The predicted octanol–water partition coefficient (Wildman–Crippen LogP) is 1.56. The van der Waals surface area contributed by atoms with Crippen LogP contribution in [0.1, 0.15) is 30.6 Å². The van der Waals surface area contributed by atoms with Crippen LogP contribution >= 0.6 is 0 Å². The van der Waals surface area contributed by atoms with Crippen molar-refractivity contribution in [1.82, 2.24) is 5.32 Å². The molecule has 5 nitrogen and oxygen atoms in total.